The van der Waals surface area contributed by atoms with Gasteiger partial charge >= 0.3 is 0 Å². The fourth-order valence-electron chi connectivity index (χ4n) is 2.20. The van der Waals surface area contributed by atoms with Crippen LogP contribution in [0.25, 0.3) is 0 Å². The number of methoxy groups -OCH3 is 1. The number of anilines is 2. The summed E-state index contributed by atoms with van der Waals surface area (Å²) in [7, 11) is 1.50. The fourth-order valence-corrected chi connectivity index (χ4v) is 2.37. The maximum absolute atomic E-state index is 12.0. The van der Waals surface area contributed by atoms with Gasteiger partial charge in [-0.05, 0) is 42.8 Å². The highest BCUT2D eigenvalue weighted by Gasteiger charge is 2.09. The van der Waals surface area contributed by atoms with Gasteiger partial charge in [0.2, 0.25) is 5.91 Å². The third-order valence-electron chi connectivity index (χ3n) is 3.46. The molecule has 2 aromatic rings. The Morgan fingerprint density at radius 2 is 1.78 bits per heavy atom. The minimum Gasteiger partial charge on any atom is -0.495 e. The summed E-state index contributed by atoms with van der Waals surface area (Å²) >= 11 is 5.93. The van der Waals surface area contributed by atoms with E-state index >= 15 is 0 Å². The molecule has 0 heterocycles. The van der Waals surface area contributed by atoms with Crippen LogP contribution in [-0.2, 0) is 14.4 Å². The molecule has 2 amide bonds. The lowest BCUT2D eigenvalue weighted by molar-refractivity contribution is -0.120. The zero-order valence-electron chi connectivity index (χ0n) is 15.2. The van der Waals surface area contributed by atoms with Crippen molar-refractivity contribution in [3.8, 4) is 5.75 Å². The standard InChI is InChI=1S/C19H20ClN3O4/c1-12(14-4-7-16(8-5-14)21-13(2)24)23-27-11-19(25)22-17-10-15(20)6-9-18(17)26-3/h4-10H,11H2,1-3H3,(H,21,24)(H,22,25)/b23-12+. The number of nitrogens with zero attached hydrogens (tertiary/aromatic N) is 1. The minimum absolute atomic E-state index is 0.140. The normalized spacial score (nSPS) is 10.9. The predicted molar refractivity (Wildman–Crippen MR) is 106 cm³/mol. The Labute approximate surface area is 162 Å². The zero-order chi connectivity index (χ0) is 19.8. The quantitative estimate of drug-likeness (QED) is 0.558. The molecule has 0 radical (unpaired) electrons. The molecule has 0 aromatic heterocycles. The lowest BCUT2D eigenvalue weighted by atomic mass is 10.1. The van der Waals surface area contributed by atoms with Crippen molar-refractivity contribution in [1.29, 1.82) is 0 Å². The van der Waals surface area contributed by atoms with E-state index in [1.165, 1.54) is 14.0 Å². The first-order valence-corrected chi connectivity index (χ1v) is 8.45. The van der Waals surface area contributed by atoms with Crippen molar-refractivity contribution in [2.24, 2.45) is 5.16 Å². The summed E-state index contributed by atoms with van der Waals surface area (Å²) in [6.07, 6.45) is 0. The highest BCUT2D eigenvalue weighted by molar-refractivity contribution is 6.31. The second kappa shape index (κ2) is 9.59. The van der Waals surface area contributed by atoms with Crippen molar-refractivity contribution in [3.63, 3.8) is 0 Å². The van der Waals surface area contributed by atoms with Crippen molar-refractivity contribution in [2.75, 3.05) is 24.4 Å². The van der Waals surface area contributed by atoms with Crippen molar-refractivity contribution in [3.05, 3.63) is 53.1 Å². The Balaban J connectivity index is 1.91. The average Bonchev–Trinajstić information content (AvgIpc) is 2.62. The largest absolute Gasteiger partial charge is 0.495 e. The van der Waals surface area contributed by atoms with Crippen LogP contribution in [0.5, 0.6) is 5.75 Å². The second-order valence-electron chi connectivity index (χ2n) is 5.60. The summed E-state index contributed by atoms with van der Waals surface area (Å²) in [5.74, 6) is -0.0429. The Bertz CT molecular complexity index is 851. The molecule has 0 aliphatic rings. The van der Waals surface area contributed by atoms with Gasteiger partial charge in [-0.1, -0.05) is 28.9 Å². The van der Waals surface area contributed by atoms with Crippen LogP contribution in [0.15, 0.2) is 47.6 Å². The van der Waals surface area contributed by atoms with Crippen LogP contribution in [0.3, 0.4) is 0 Å². The fraction of sp³-hybridized carbons (Fsp3) is 0.211. The molecule has 0 aliphatic heterocycles. The van der Waals surface area contributed by atoms with Crippen molar-refractivity contribution >= 4 is 40.5 Å². The number of rotatable bonds is 7. The number of amides is 2. The Morgan fingerprint density at radius 3 is 2.41 bits per heavy atom. The molecule has 8 heteroatoms. The molecule has 2 N–H and O–H groups in total. The topological polar surface area (TPSA) is 89.0 Å². The van der Waals surface area contributed by atoms with Gasteiger partial charge in [0, 0.05) is 17.6 Å². The third kappa shape index (κ3) is 6.31. The first kappa shape index (κ1) is 20.3. The van der Waals surface area contributed by atoms with E-state index in [2.05, 4.69) is 15.8 Å². The minimum atomic E-state index is -0.395. The highest BCUT2D eigenvalue weighted by atomic mass is 35.5. The van der Waals surface area contributed by atoms with Gasteiger partial charge in [0.05, 0.1) is 18.5 Å². The van der Waals surface area contributed by atoms with E-state index in [1.807, 2.05) is 0 Å². The lowest BCUT2D eigenvalue weighted by Crippen LogP contribution is -2.17. The lowest BCUT2D eigenvalue weighted by Gasteiger charge is -2.10. The molecule has 2 rings (SSSR count). The summed E-state index contributed by atoms with van der Waals surface area (Å²) < 4.78 is 5.17. The van der Waals surface area contributed by atoms with Crippen LogP contribution in [0.4, 0.5) is 11.4 Å². The molecule has 0 aliphatic carbocycles. The number of hydrogen-bond acceptors (Lipinski definition) is 5. The van der Waals surface area contributed by atoms with Gasteiger partial charge in [0.15, 0.2) is 6.61 Å². The van der Waals surface area contributed by atoms with E-state index in [0.29, 0.717) is 27.9 Å². The molecule has 0 saturated carbocycles. The molecule has 0 fully saturated rings. The maximum atomic E-state index is 12.0. The Kier molecular flexibility index (Phi) is 7.19. The van der Waals surface area contributed by atoms with E-state index in [0.717, 1.165) is 5.56 Å². The second-order valence-corrected chi connectivity index (χ2v) is 6.04. The Hall–Kier alpha value is -3.06. The van der Waals surface area contributed by atoms with Crippen LogP contribution >= 0.6 is 11.6 Å². The number of nitrogens with one attached hydrogen (secondary N) is 2. The van der Waals surface area contributed by atoms with Crippen LogP contribution < -0.4 is 15.4 Å². The van der Waals surface area contributed by atoms with Crippen molar-refractivity contribution in [1.82, 2.24) is 0 Å². The Morgan fingerprint density at radius 1 is 1.07 bits per heavy atom. The van der Waals surface area contributed by atoms with Crippen molar-refractivity contribution in [2.45, 2.75) is 13.8 Å². The van der Waals surface area contributed by atoms with Gasteiger partial charge in [0.1, 0.15) is 5.75 Å². The predicted octanol–water partition coefficient (Wildman–Crippen LogP) is 3.69. The summed E-state index contributed by atoms with van der Waals surface area (Å²) in [6.45, 7) is 2.93. The molecule has 0 atom stereocenters. The third-order valence-corrected chi connectivity index (χ3v) is 3.69. The number of ether oxygens (including phenoxy) is 1. The smallest absolute Gasteiger partial charge is 0.265 e. The van der Waals surface area contributed by atoms with Gasteiger partial charge in [-0.3, -0.25) is 9.59 Å². The molecule has 7 nitrogen and oxygen atoms in total. The van der Waals surface area contributed by atoms with E-state index in [9.17, 15) is 9.59 Å². The van der Waals surface area contributed by atoms with Gasteiger partial charge in [-0.25, -0.2) is 0 Å². The van der Waals surface area contributed by atoms with E-state index in [4.69, 9.17) is 21.2 Å². The van der Waals surface area contributed by atoms with E-state index < -0.39 is 5.91 Å². The zero-order valence-corrected chi connectivity index (χ0v) is 16.0. The molecule has 2 aromatic carbocycles. The molecule has 142 valence electrons. The van der Waals surface area contributed by atoms with Crippen molar-refractivity contribution < 1.29 is 19.2 Å². The average molecular weight is 390 g/mol. The molecular formula is C19H20ClN3O4. The highest BCUT2D eigenvalue weighted by Crippen LogP contribution is 2.27. The van der Waals surface area contributed by atoms with Gasteiger partial charge in [-0.2, -0.15) is 0 Å². The first-order valence-electron chi connectivity index (χ1n) is 8.07. The van der Waals surface area contributed by atoms with E-state index in [1.54, 1.807) is 49.4 Å². The number of carbonyl (C=O) groups excluding carboxylic acids is 2. The number of carbonyl (C=O) groups is 2. The monoisotopic (exact) mass is 389 g/mol. The maximum Gasteiger partial charge on any atom is 0.265 e. The molecular weight excluding hydrogens is 370 g/mol. The molecule has 27 heavy (non-hydrogen) atoms. The SMILES string of the molecule is COc1ccc(Cl)cc1NC(=O)CO/N=C(\C)c1ccc(NC(C)=O)cc1. The van der Waals surface area contributed by atoms with Crippen LogP contribution in [0, 0.1) is 0 Å². The van der Waals surface area contributed by atoms with Crippen LogP contribution in [-0.4, -0.2) is 31.2 Å². The van der Waals surface area contributed by atoms with Gasteiger partial charge < -0.3 is 20.2 Å². The number of benzene rings is 2. The molecule has 0 saturated heterocycles. The summed E-state index contributed by atoms with van der Waals surface area (Å²) in [4.78, 5) is 28.1. The van der Waals surface area contributed by atoms with Gasteiger partial charge in [0.25, 0.3) is 5.91 Å². The molecule has 0 bridgehead atoms. The number of hydrogen-bond donors (Lipinski definition) is 2. The molecule has 0 unspecified atom stereocenters. The van der Waals surface area contributed by atoms with E-state index in [-0.39, 0.29) is 12.5 Å². The summed E-state index contributed by atoms with van der Waals surface area (Å²) in [5.41, 5.74) is 2.54. The van der Waals surface area contributed by atoms with Crippen LogP contribution in [0.2, 0.25) is 5.02 Å². The summed E-state index contributed by atoms with van der Waals surface area (Å²) in [6, 6.07) is 12.0. The molecule has 0 spiro atoms. The van der Waals surface area contributed by atoms with Gasteiger partial charge in [-0.15, -0.1) is 0 Å². The van der Waals surface area contributed by atoms with Crippen LogP contribution in [0.1, 0.15) is 19.4 Å². The number of halogens is 1. The summed E-state index contributed by atoms with van der Waals surface area (Å²) in [5, 5.41) is 9.75. The first-order chi connectivity index (χ1) is 12.9. The number of oxime groups is 1.